The van der Waals surface area contributed by atoms with Crippen LogP contribution in [0.5, 0.6) is 0 Å². The molecule has 1 saturated heterocycles. The number of nitrogens with one attached hydrogen (secondary N) is 2. The molecule has 0 aromatic heterocycles. The second-order valence-electron chi connectivity index (χ2n) is 9.00. The van der Waals surface area contributed by atoms with E-state index < -0.39 is 76.8 Å². The van der Waals surface area contributed by atoms with Gasteiger partial charge >= 0.3 is 12.1 Å². The monoisotopic (exact) mass is 553 g/mol. The molecule has 5 rings (SSSR count). The molecule has 1 fully saturated rings. The highest BCUT2D eigenvalue weighted by Gasteiger charge is 2.78. The summed E-state index contributed by atoms with van der Waals surface area (Å²) < 4.78 is 64.2. The summed E-state index contributed by atoms with van der Waals surface area (Å²) in [6.07, 6.45) is -5.53. The standard InChI is InChI=1S/C25H20ClF4N3O5/c1-2-38-21(35)19-23(15-11-14(27)7-8-16(15)32-22(23)36)17(18(34)12-3-5-13(26)6-4-12)20-31-9-10-33(20)24(19,37)25(28,29)30/h3-8,11,19,31,37H,2,9-10H2,1H3,(H,32,36)/t19-,23-,24+/m0/s1. The van der Waals surface area contributed by atoms with Gasteiger partial charge < -0.3 is 25.4 Å². The molecule has 2 aromatic carbocycles. The van der Waals surface area contributed by atoms with Crippen molar-refractivity contribution in [2.24, 2.45) is 5.92 Å². The summed E-state index contributed by atoms with van der Waals surface area (Å²) in [5.41, 5.74) is -8.00. The van der Waals surface area contributed by atoms with Crippen LogP contribution in [-0.2, 0) is 19.7 Å². The highest BCUT2D eigenvalue weighted by Crippen LogP contribution is 2.60. The number of carbonyl (C=O) groups is 3. The molecule has 8 nitrogen and oxygen atoms in total. The minimum atomic E-state index is -5.53. The SMILES string of the molecule is CCOC(=O)[C@H]1[C@@]2(C(=O)Nc3ccc(F)cc32)C(C(=O)c2ccc(Cl)cc2)=C2NCCN2[C@]1(O)C(F)(F)F. The van der Waals surface area contributed by atoms with Crippen molar-refractivity contribution in [3.05, 3.63) is 75.8 Å². The summed E-state index contributed by atoms with van der Waals surface area (Å²) in [5, 5.41) is 16.8. The van der Waals surface area contributed by atoms with Gasteiger partial charge in [0.2, 0.25) is 5.91 Å². The smallest absolute Gasteiger partial charge is 0.437 e. The molecule has 1 amide bonds. The first-order chi connectivity index (χ1) is 17.9. The molecular formula is C25H20ClF4N3O5. The first kappa shape index (κ1) is 26.0. The number of Topliss-reactive ketones (excluding diaryl/α,β-unsaturated/α-hetero) is 1. The Labute approximate surface area is 218 Å². The lowest BCUT2D eigenvalue weighted by Crippen LogP contribution is -2.73. The molecule has 3 heterocycles. The van der Waals surface area contributed by atoms with Crippen LogP contribution in [-0.4, -0.2) is 59.3 Å². The van der Waals surface area contributed by atoms with Gasteiger partial charge in [-0.1, -0.05) is 11.6 Å². The third kappa shape index (κ3) is 3.36. The van der Waals surface area contributed by atoms with Crippen molar-refractivity contribution in [2.75, 3.05) is 25.0 Å². The zero-order valence-electron chi connectivity index (χ0n) is 19.7. The van der Waals surface area contributed by atoms with Gasteiger partial charge in [0.05, 0.1) is 12.2 Å². The normalized spacial score (nSPS) is 26.1. The van der Waals surface area contributed by atoms with E-state index in [2.05, 4.69) is 10.6 Å². The second kappa shape index (κ2) is 8.70. The number of benzene rings is 2. The Kier molecular flexibility index (Phi) is 5.95. The maximum absolute atomic E-state index is 14.9. The van der Waals surface area contributed by atoms with Gasteiger partial charge in [0.25, 0.3) is 5.72 Å². The fourth-order valence-corrected chi connectivity index (χ4v) is 5.72. The summed E-state index contributed by atoms with van der Waals surface area (Å²) in [7, 11) is 0. The largest absolute Gasteiger partial charge is 0.466 e. The lowest BCUT2D eigenvalue weighted by Gasteiger charge is -2.53. The minimum absolute atomic E-state index is 0.0670. The number of aliphatic hydroxyl groups is 1. The Hall–Kier alpha value is -3.64. The lowest BCUT2D eigenvalue weighted by molar-refractivity contribution is -0.334. The number of hydrogen-bond donors (Lipinski definition) is 3. The third-order valence-electron chi connectivity index (χ3n) is 7.06. The van der Waals surface area contributed by atoms with Crippen LogP contribution in [0.25, 0.3) is 0 Å². The van der Waals surface area contributed by atoms with Crippen LogP contribution in [0.3, 0.4) is 0 Å². The second-order valence-corrected chi connectivity index (χ2v) is 9.44. The van der Waals surface area contributed by atoms with Crippen molar-refractivity contribution < 1.29 is 41.8 Å². The number of fused-ring (bicyclic) bond motifs is 3. The van der Waals surface area contributed by atoms with E-state index in [4.69, 9.17) is 16.3 Å². The fraction of sp³-hybridized carbons (Fsp3) is 0.320. The van der Waals surface area contributed by atoms with Crippen molar-refractivity contribution in [1.29, 1.82) is 0 Å². The third-order valence-corrected chi connectivity index (χ3v) is 7.31. The van der Waals surface area contributed by atoms with Gasteiger partial charge in [0.1, 0.15) is 23.0 Å². The van der Waals surface area contributed by atoms with Gasteiger partial charge in [-0.2, -0.15) is 13.2 Å². The molecule has 3 N–H and O–H groups in total. The van der Waals surface area contributed by atoms with Crippen molar-refractivity contribution in [3.8, 4) is 0 Å². The van der Waals surface area contributed by atoms with Gasteiger partial charge in [-0.25, -0.2) is 4.39 Å². The highest BCUT2D eigenvalue weighted by molar-refractivity contribution is 6.30. The quantitative estimate of drug-likeness (QED) is 0.303. The summed E-state index contributed by atoms with van der Waals surface area (Å²) in [5.74, 6) is -7.93. The molecule has 0 aliphatic carbocycles. The van der Waals surface area contributed by atoms with Crippen molar-refractivity contribution >= 4 is 34.9 Å². The maximum atomic E-state index is 14.9. The zero-order valence-corrected chi connectivity index (χ0v) is 20.4. The number of rotatable bonds is 4. The molecule has 3 aliphatic rings. The predicted octanol–water partition coefficient (Wildman–Crippen LogP) is 3.11. The first-order valence-electron chi connectivity index (χ1n) is 11.5. The van der Waals surface area contributed by atoms with Gasteiger partial charge in [0.15, 0.2) is 5.78 Å². The molecule has 3 atom stereocenters. The summed E-state index contributed by atoms with van der Waals surface area (Å²) in [6, 6.07) is 8.18. The molecule has 0 radical (unpaired) electrons. The Morgan fingerprint density at radius 1 is 1.21 bits per heavy atom. The molecule has 38 heavy (non-hydrogen) atoms. The lowest BCUT2D eigenvalue weighted by atomic mass is 9.58. The van der Waals surface area contributed by atoms with Gasteiger partial charge in [-0.05, 0) is 55.0 Å². The molecule has 0 bridgehead atoms. The highest BCUT2D eigenvalue weighted by atomic mass is 35.5. The molecule has 0 unspecified atom stereocenters. The van der Waals surface area contributed by atoms with E-state index in [1.807, 2.05) is 0 Å². The maximum Gasteiger partial charge on any atom is 0.437 e. The number of ether oxygens (including phenoxy) is 1. The summed E-state index contributed by atoms with van der Waals surface area (Å²) in [6.45, 7) is 0.313. The average Bonchev–Trinajstić information content (AvgIpc) is 3.43. The van der Waals surface area contributed by atoms with Gasteiger partial charge in [-0.3, -0.25) is 14.4 Å². The molecule has 200 valence electrons. The Morgan fingerprint density at radius 2 is 1.89 bits per heavy atom. The zero-order chi connectivity index (χ0) is 27.6. The van der Waals surface area contributed by atoms with Crippen molar-refractivity contribution in [1.82, 2.24) is 10.2 Å². The number of esters is 1. The van der Waals surface area contributed by atoms with E-state index in [-0.39, 0.29) is 22.8 Å². The van der Waals surface area contributed by atoms with E-state index in [9.17, 15) is 37.1 Å². The number of hydrogen-bond acceptors (Lipinski definition) is 7. The van der Waals surface area contributed by atoms with Crippen LogP contribution in [0.1, 0.15) is 22.8 Å². The van der Waals surface area contributed by atoms with Gasteiger partial charge in [0, 0.05) is 29.4 Å². The minimum Gasteiger partial charge on any atom is -0.466 e. The van der Waals surface area contributed by atoms with Crippen LogP contribution in [0.15, 0.2) is 53.9 Å². The van der Waals surface area contributed by atoms with Crippen LogP contribution in [0.2, 0.25) is 5.02 Å². The number of halogens is 5. The van der Waals surface area contributed by atoms with Crippen LogP contribution in [0, 0.1) is 11.7 Å². The summed E-state index contributed by atoms with van der Waals surface area (Å²) >= 11 is 5.94. The topological polar surface area (TPSA) is 108 Å². The van der Waals surface area contributed by atoms with Gasteiger partial charge in [-0.15, -0.1) is 0 Å². The number of carbonyl (C=O) groups excluding carboxylic acids is 3. The first-order valence-corrected chi connectivity index (χ1v) is 11.9. The fourth-order valence-electron chi connectivity index (χ4n) is 5.59. The molecule has 1 spiro atoms. The molecule has 13 heteroatoms. The van der Waals surface area contributed by atoms with Crippen LogP contribution >= 0.6 is 11.6 Å². The van der Waals surface area contributed by atoms with Crippen LogP contribution in [0.4, 0.5) is 23.2 Å². The number of ketones is 1. The van der Waals surface area contributed by atoms with E-state index >= 15 is 0 Å². The Morgan fingerprint density at radius 3 is 2.53 bits per heavy atom. The van der Waals surface area contributed by atoms with E-state index in [1.54, 1.807) is 0 Å². The van der Waals surface area contributed by atoms with E-state index in [0.717, 1.165) is 18.2 Å². The predicted molar refractivity (Wildman–Crippen MR) is 125 cm³/mol. The molecular weight excluding hydrogens is 534 g/mol. The molecule has 0 saturated carbocycles. The van der Waals surface area contributed by atoms with Crippen LogP contribution < -0.4 is 10.6 Å². The van der Waals surface area contributed by atoms with E-state index in [0.29, 0.717) is 4.90 Å². The molecule has 2 aromatic rings. The number of nitrogens with zero attached hydrogens (tertiary/aromatic N) is 1. The van der Waals surface area contributed by atoms with E-state index in [1.165, 1.54) is 31.2 Å². The molecule has 3 aliphatic heterocycles. The Balaban J connectivity index is 1.95. The Bertz CT molecular complexity index is 1400. The average molecular weight is 554 g/mol. The van der Waals surface area contributed by atoms with Crippen molar-refractivity contribution in [2.45, 2.75) is 24.2 Å². The summed E-state index contributed by atoms with van der Waals surface area (Å²) in [4.78, 5) is 41.9. The number of amides is 1. The van der Waals surface area contributed by atoms with Crippen molar-refractivity contribution in [3.63, 3.8) is 0 Å². The number of alkyl halides is 3. The number of anilines is 1.